The summed E-state index contributed by atoms with van der Waals surface area (Å²) in [6.07, 6.45) is 11.9. The van der Waals surface area contributed by atoms with Crippen LogP contribution in [0.3, 0.4) is 0 Å². The molecule has 2 saturated heterocycles. The number of piperidine rings is 1. The van der Waals surface area contributed by atoms with Crippen LogP contribution in [0.5, 0.6) is 0 Å². The van der Waals surface area contributed by atoms with Crippen LogP contribution < -0.4 is 21.3 Å². The van der Waals surface area contributed by atoms with Crippen molar-refractivity contribution in [2.75, 3.05) is 82.1 Å². The van der Waals surface area contributed by atoms with E-state index in [1.807, 2.05) is 34.6 Å². The van der Waals surface area contributed by atoms with Gasteiger partial charge >= 0.3 is 0 Å². The molecule has 4 aliphatic rings. The third-order valence-electron chi connectivity index (χ3n) is 19.5. The van der Waals surface area contributed by atoms with Gasteiger partial charge in [-0.1, -0.05) is 83.4 Å². The molecule has 93 heavy (non-hydrogen) atoms. The van der Waals surface area contributed by atoms with Crippen molar-refractivity contribution in [3.05, 3.63) is 0 Å². The number of terminal acetylenes is 1. The molecular weight excluding hydrogens is 1310 g/mol. The van der Waals surface area contributed by atoms with Crippen molar-refractivity contribution in [3.63, 3.8) is 0 Å². The number of halogens is 2. The van der Waals surface area contributed by atoms with E-state index in [1.165, 1.54) is 73.0 Å². The molecule has 2 heterocycles. The third-order valence-corrected chi connectivity index (χ3v) is 20.6. The summed E-state index contributed by atoms with van der Waals surface area (Å²) in [7, 11) is 9.75. The third kappa shape index (κ3) is 22.8. The lowest BCUT2D eigenvalue weighted by Crippen LogP contribution is -2.63. The number of carbonyl (C=O) groups excluding carboxylic acids is 12. The molecule has 2 aliphatic carbocycles. The molecule has 0 bridgehead atoms. The van der Waals surface area contributed by atoms with Crippen LogP contribution in [0.2, 0.25) is 0 Å². The highest BCUT2D eigenvalue weighted by Crippen LogP contribution is 2.34. The van der Waals surface area contributed by atoms with Crippen molar-refractivity contribution >= 4 is 93.5 Å². The van der Waals surface area contributed by atoms with E-state index in [0.29, 0.717) is 49.1 Å². The molecule has 2 saturated carbocycles. The lowest BCUT2D eigenvalue weighted by Gasteiger charge is -2.39. The highest BCUT2D eigenvalue weighted by molar-refractivity contribution is 14.1. The first-order chi connectivity index (χ1) is 43.5. The van der Waals surface area contributed by atoms with Crippen LogP contribution in [0.4, 0.5) is 4.39 Å². The Morgan fingerprint density at radius 1 is 0.602 bits per heavy atom. The molecule has 10 atom stereocenters. The molecule has 12 amide bonds. The fourth-order valence-corrected chi connectivity index (χ4v) is 14.0. The molecule has 0 aromatic carbocycles. The minimum Gasteiger partial charge on any atom is -0.343 e. The van der Waals surface area contributed by atoms with Gasteiger partial charge in [0.25, 0.3) is 0 Å². The second-order valence-electron chi connectivity index (χ2n) is 28.2. The normalized spacial score (nSPS) is 29.2. The first-order valence-corrected chi connectivity index (χ1v) is 34.8. The number of hydrogen-bond donors (Lipinski definition) is 4. The zero-order chi connectivity index (χ0) is 69.9. The standard InChI is InChI=1S/C67H110FIN12O12/c1-17-23-48-62(89)80(16)67(8,9)66(93)72-50(32-41(3)4)61(88)79(15)53(64(91)81-30-20-19-21-31-81)37-55(83)77(13)51(33-42(5)6)60(87)73-58(43(7)18-2)65(92)76(12)39-56(84)74(10)40-57(85)78(14)52(36-44-26-28-46(68)29-27-44)63(90)75(11)38-54(82)70-49(59(86)71-48)35-45-24-22-25-47(69)34-45/h1,41-53,58H,18-40H2,2-16H3,(H,70,82)(H,71,86)(H,72,93)(H,73,87)/t43-,44?,45?,46?,47?,48-,49-,50-,51-,52-,53-,58-/m0/s1. The Morgan fingerprint density at radius 2 is 1.19 bits per heavy atom. The molecule has 0 aromatic heterocycles. The Kier molecular flexibility index (Phi) is 31.3. The Labute approximate surface area is 565 Å². The number of rotatable bonds is 12. The maximum atomic E-state index is 15.1. The molecular formula is C67H110FIN12O12. The van der Waals surface area contributed by atoms with E-state index in [-0.39, 0.29) is 68.6 Å². The summed E-state index contributed by atoms with van der Waals surface area (Å²) >= 11 is 2.37. The summed E-state index contributed by atoms with van der Waals surface area (Å²) in [6, 6.07) is -8.90. The van der Waals surface area contributed by atoms with E-state index >= 15 is 4.79 Å². The first kappa shape index (κ1) is 79.3. The summed E-state index contributed by atoms with van der Waals surface area (Å²) in [5.41, 5.74) is -1.74. The van der Waals surface area contributed by atoms with Crippen LogP contribution in [0.15, 0.2) is 0 Å². The van der Waals surface area contributed by atoms with Gasteiger partial charge in [0, 0.05) is 72.8 Å². The van der Waals surface area contributed by atoms with Crippen molar-refractivity contribution in [1.29, 1.82) is 0 Å². The van der Waals surface area contributed by atoms with Crippen molar-refractivity contribution in [2.45, 2.75) is 229 Å². The zero-order valence-electron chi connectivity index (χ0n) is 58.2. The van der Waals surface area contributed by atoms with Crippen LogP contribution >= 0.6 is 22.6 Å². The second-order valence-corrected chi connectivity index (χ2v) is 29.9. The van der Waals surface area contributed by atoms with Gasteiger partial charge in [0.15, 0.2) is 0 Å². The molecule has 4 N–H and O–H groups in total. The summed E-state index contributed by atoms with van der Waals surface area (Å²) in [5.74, 6) is -6.71. The topological polar surface area (TPSA) is 279 Å². The number of alkyl halides is 2. The summed E-state index contributed by atoms with van der Waals surface area (Å²) in [4.78, 5) is 185. The fourth-order valence-electron chi connectivity index (χ4n) is 12.8. The molecule has 4 rings (SSSR count). The van der Waals surface area contributed by atoms with Crippen LogP contribution in [-0.2, 0) is 57.5 Å². The van der Waals surface area contributed by atoms with Gasteiger partial charge in [0.05, 0.1) is 26.1 Å². The molecule has 0 spiro atoms. The Balaban J connectivity index is 1.85. The van der Waals surface area contributed by atoms with Gasteiger partial charge in [-0.15, -0.1) is 12.3 Å². The second kappa shape index (κ2) is 36.7. The van der Waals surface area contributed by atoms with Gasteiger partial charge in [-0.25, -0.2) is 4.39 Å². The molecule has 0 aromatic rings. The van der Waals surface area contributed by atoms with E-state index in [1.54, 1.807) is 11.8 Å². The lowest BCUT2D eigenvalue weighted by atomic mass is 9.83. The summed E-state index contributed by atoms with van der Waals surface area (Å²) in [5, 5.41) is 11.3. The lowest BCUT2D eigenvalue weighted by molar-refractivity contribution is -0.152. The molecule has 24 nitrogen and oxygen atoms in total. The quantitative estimate of drug-likeness (QED) is 0.123. The summed E-state index contributed by atoms with van der Waals surface area (Å²) < 4.78 is 14.8. The predicted octanol–water partition coefficient (Wildman–Crippen LogP) is 3.90. The SMILES string of the molecule is C#CC[C@@H]1NC(=O)[C@H](CC2CCCC(I)C2)NC(=O)CN(C)C(=O)[C@H](CC2CCC(F)CC2)N(C)C(=O)CN(C)C(=O)CN(C)C(=O)[C@H]([C@@H](C)CC)NC(=O)[C@H](CC(C)C)N(C)C(=O)C[C@@H](C(=O)N2CCCCC2)N(C)C(=O)[C@H](CC(C)C)NC(=O)C(C)(C)N(C)C1=O. The fraction of sp³-hybridized carbons (Fsp3) is 0.791. The maximum absolute atomic E-state index is 15.1. The van der Waals surface area contributed by atoms with Crippen molar-refractivity contribution < 1.29 is 61.9 Å². The summed E-state index contributed by atoms with van der Waals surface area (Å²) in [6.45, 7) is 13.0. The van der Waals surface area contributed by atoms with E-state index in [4.69, 9.17) is 6.42 Å². The first-order valence-electron chi connectivity index (χ1n) is 33.6. The van der Waals surface area contributed by atoms with Crippen molar-refractivity contribution in [3.8, 4) is 12.3 Å². The van der Waals surface area contributed by atoms with Crippen LogP contribution in [0.1, 0.15) is 171 Å². The molecule has 2 unspecified atom stereocenters. The average Bonchev–Trinajstić information content (AvgIpc) is 0.838. The van der Waals surface area contributed by atoms with Crippen LogP contribution in [0, 0.1) is 41.9 Å². The molecule has 2 aliphatic heterocycles. The largest absolute Gasteiger partial charge is 0.343 e. The number of likely N-dealkylation sites (N-methyl/N-ethyl adjacent to an activating group) is 7. The number of amides is 12. The maximum Gasteiger partial charge on any atom is 0.246 e. The van der Waals surface area contributed by atoms with E-state index in [0.717, 1.165) is 56.6 Å². The molecule has 26 heteroatoms. The van der Waals surface area contributed by atoms with E-state index in [9.17, 15) is 57.1 Å². The minimum absolute atomic E-state index is 0.0182. The van der Waals surface area contributed by atoms with Gasteiger partial charge in [0.2, 0.25) is 70.9 Å². The number of carbonyl (C=O) groups is 12. The van der Waals surface area contributed by atoms with Gasteiger partial charge in [-0.05, 0) is 127 Å². The molecule has 524 valence electrons. The van der Waals surface area contributed by atoms with E-state index < -0.39 is 157 Å². The van der Waals surface area contributed by atoms with Crippen LogP contribution in [-0.4, -0.2) is 250 Å². The van der Waals surface area contributed by atoms with Crippen molar-refractivity contribution in [1.82, 2.24) is 60.5 Å². The Hall–Kier alpha value is -6.14. The Bertz CT molecular complexity index is 2680. The number of nitrogens with zero attached hydrogens (tertiary/aromatic N) is 8. The van der Waals surface area contributed by atoms with Gasteiger partial charge in [-0.3, -0.25) is 57.5 Å². The highest BCUT2D eigenvalue weighted by Gasteiger charge is 2.45. The van der Waals surface area contributed by atoms with Gasteiger partial charge in [0.1, 0.15) is 54.0 Å². The highest BCUT2D eigenvalue weighted by atomic mass is 127. The molecule has 0 radical (unpaired) electrons. The van der Waals surface area contributed by atoms with Crippen molar-refractivity contribution in [2.24, 2.45) is 29.6 Å². The average molecular weight is 1420 g/mol. The van der Waals surface area contributed by atoms with Gasteiger partial charge < -0.3 is 60.5 Å². The monoisotopic (exact) mass is 1420 g/mol. The number of likely N-dealkylation sites (tertiary alicyclic amines) is 1. The van der Waals surface area contributed by atoms with Crippen LogP contribution in [0.25, 0.3) is 0 Å². The Morgan fingerprint density at radius 3 is 1.77 bits per heavy atom. The smallest absolute Gasteiger partial charge is 0.246 e. The predicted molar refractivity (Wildman–Crippen MR) is 360 cm³/mol. The zero-order valence-corrected chi connectivity index (χ0v) is 60.3. The number of nitrogens with one attached hydrogen (secondary N) is 4. The van der Waals surface area contributed by atoms with E-state index in [2.05, 4.69) is 49.8 Å². The number of hydrogen-bond acceptors (Lipinski definition) is 12. The van der Waals surface area contributed by atoms with Gasteiger partial charge in [-0.2, -0.15) is 0 Å². The minimum atomic E-state index is -1.74. The molecule has 4 fully saturated rings.